The first-order valence-corrected chi connectivity index (χ1v) is 6.52. The highest BCUT2D eigenvalue weighted by molar-refractivity contribution is 6.31. The van der Waals surface area contributed by atoms with Crippen molar-refractivity contribution in [3.05, 3.63) is 34.9 Å². The molecule has 96 valence electrons. The maximum atomic E-state index is 6.27. The maximum Gasteiger partial charge on any atom is 0.0820 e. The Kier molecular flexibility index (Phi) is 5.44. The smallest absolute Gasteiger partial charge is 0.0820 e. The van der Waals surface area contributed by atoms with Crippen LogP contribution in [0.5, 0.6) is 0 Å². The van der Waals surface area contributed by atoms with Gasteiger partial charge in [0.1, 0.15) is 0 Å². The molecule has 0 aliphatic heterocycles. The second-order valence-corrected chi connectivity index (χ2v) is 4.96. The second-order valence-electron chi connectivity index (χ2n) is 4.55. The first-order valence-electron chi connectivity index (χ1n) is 6.14. The third kappa shape index (κ3) is 3.70. The maximum absolute atomic E-state index is 6.27. The number of ether oxygens (including phenoxy) is 1. The van der Waals surface area contributed by atoms with Gasteiger partial charge in [0, 0.05) is 11.6 Å². The molecule has 0 saturated carbocycles. The largest absolute Gasteiger partial charge is 0.374 e. The van der Waals surface area contributed by atoms with E-state index < -0.39 is 0 Å². The molecule has 1 aromatic rings. The molecule has 1 aromatic carbocycles. The fourth-order valence-electron chi connectivity index (χ4n) is 2.10. The van der Waals surface area contributed by atoms with Crippen LogP contribution in [0.2, 0.25) is 5.02 Å². The lowest BCUT2D eigenvalue weighted by atomic mass is 9.91. The molecule has 0 spiro atoms. The summed E-state index contributed by atoms with van der Waals surface area (Å²) < 4.78 is 5.83. The minimum absolute atomic E-state index is 0.0983. The van der Waals surface area contributed by atoms with Crippen molar-refractivity contribution in [2.45, 2.75) is 39.3 Å². The van der Waals surface area contributed by atoms with Gasteiger partial charge in [-0.05, 0) is 38.9 Å². The van der Waals surface area contributed by atoms with Crippen LogP contribution in [0.4, 0.5) is 0 Å². The highest BCUT2D eigenvalue weighted by atomic mass is 35.5. The molecule has 0 saturated heterocycles. The number of hydrogen-bond acceptors (Lipinski definition) is 2. The van der Waals surface area contributed by atoms with E-state index in [0.717, 1.165) is 17.1 Å². The Morgan fingerprint density at radius 2 is 1.94 bits per heavy atom. The molecule has 0 amide bonds. The first kappa shape index (κ1) is 14.5. The Bertz CT molecular complexity index is 352. The molecule has 0 aliphatic rings. The minimum atomic E-state index is -0.282. The van der Waals surface area contributed by atoms with Crippen LogP contribution in [0, 0.1) is 0 Å². The van der Waals surface area contributed by atoms with E-state index >= 15 is 0 Å². The molecule has 0 fully saturated rings. The molecule has 17 heavy (non-hydrogen) atoms. The van der Waals surface area contributed by atoms with Gasteiger partial charge in [-0.25, -0.2) is 0 Å². The average Bonchev–Trinajstić information content (AvgIpc) is 2.27. The summed E-state index contributed by atoms with van der Waals surface area (Å²) in [5, 5.41) is 4.24. The predicted octanol–water partition coefficient (Wildman–Crippen LogP) is 3.81. The Hall–Kier alpha value is -0.570. The first-order chi connectivity index (χ1) is 8.03. The van der Waals surface area contributed by atoms with Crippen LogP contribution >= 0.6 is 11.6 Å². The van der Waals surface area contributed by atoms with Crippen molar-refractivity contribution in [1.29, 1.82) is 0 Å². The second kappa shape index (κ2) is 6.39. The summed E-state index contributed by atoms with van der Waals surface area (Å²) in [6, 6.07) is 8.02. The molecule has 0 heterocycles. The third-order valence-electron chi connectivity index (χ3n) is 2.84. The normalized spacial score (nSPS) is 13.7. The van der Waals surface area contributed by atoms with Crippen LogP contribution in [0.1, 0.15) is 39.3 Å². The van der Waals surface area contributed by atoms with E-state index in [0.29, 0.717) is 6.61 Å². The highest BCUT2D eigenvalue weighted by Gasteiger charge is 2.31. The van der Waals surface area contributed by atoms with E-state index in [-0.39, 0.29) is 11.6 Å². The quantitative estimate of drug-likeness (QED) is 0.835. The zero-order valence-corrected chi connectivity index (χ0v) is 11.8. The monoisotopic (exact) mass is 255 g/mol. The van der Waals surface area contributed by atoms with Crippen molar-refractivity contribution in [2.75, 3.05) is 13.2 Å². The lowest BCUT2D eigenvalue weighted by Crippen LogP contribution is -2.41. The van der Waals surface area contributed by atoms with Crippen LogP contribution in [0.15, 0.2) is 24.3 Å². The van der Waals surface area contributed by atoms with Gasteiger partial charge >= 0.3 is 0 Å². The van der Waals surface area contributed by atoms with E-state index in [4.69, 9.17) is 16.3 Å². The van der Waals surface area contributed by atoms with Crippen molar-refractivity contribution in [1.82, 2.24) is 5.32 Å². The van der Waals surface area contributed by atoms with E-state index in [9.17, 15) is 0 Å². The summed E-state index contributed by atoms with van der Waals surface area (Å²) in [6.07, 6.45) is 0. The topological polar surface area (TPSA) is 21.3 Å². The number of hydrogen-bond donors (Lipinski definition) is 1. The average molecular weight is 256 g/mol. The van der Waals surface area contributed by atoms with E-state index in [1.54, 1.807) is 0 Å². The SMILES string of the molecule is CCNC(c1ccccc1Cl)C(C)(C)OCC. The van der Waals surface area contributed by atoms with Gasteiger partial charge in [-0.1, -0.05) is 36.7 Å². The molecule has 3 heteroatoms. The lowest BCUT2D eigenvalue weighted by molar-refractivity contribution is -0.0388. The molecule has 1 unspecified atom stereocenters. The highest BCUT2D eigenvalue weighted by Crippen LogP contribution is 2.32. The van der Waals surface area contributed by atoms with Gasteiger partial charge in [0.05, 0.1) is 11.6 Å². The van der Waals surface area contributed by atoms with Crippen molar-refractivity contribution in [3.63, 3.8) is 0 Å². The third-order valence-corrected chi connectivity index (χ3v) is 3.18. The molecule has 0 radical (unpaired) electrons. The number of nitrogens with one attached hydrogen (secondary N) is 1. The molecular weight excluding hydrogens is 234 g/mol. The van der Waals surface area contributed by atoms with Crippen molar-refractivity contribution >= 4 is 11.6 Å². The van der Waals surface area contributed by atoms with Gasteiger partial charge in [0.25, 0.3) is 0 Å². The van der Waals surface area contributed by atoms with Crippen LogP contribution in [-0.2, 0) is 4.74 Å². The molecule has 1 atom stereocenters. The Balaban J connectivity index is 3.04. The fourth-order valence-corrected chi connectivity index (χ4v) is 2.34. The van der Waals surface area contributed by atoms with Crippen molar-refractivity contribution < 1.29 is 4.74 Å². The Morgan fingerprint density at radius 1 is 1.29 bits per heavy atom. The Morgan fingerprint density at radius 3 is 2.47 bits per heavy atom. The van der Waals surface area contributed by atoms with Gasteiger partial charge in [-0.3, -0.25) is 0 Å². The fraction of sp³-hybridized carbons (Fsp3) is 0.571. The standard InChI is InChI=1S/C14H22ClNO/c1-5-16-13(14(3,4)17-6-2)11-9-7-8-10-12(11)15/h7-10,13,16H,5-6H2,1-4H3. The summed E-state index contributed by atoms with van der Waals surface area (Å²) >= 11 is 6.27. The molecule has 0 bridgehead atoms. The molecule has 1 N–H and O–H groups in total. The van der Waals surface area contributed by atoms with Gasteiger partial charge in [0.2, 0.25) is 0 Å². The van der Waals surface area contributed by atoms with E-state index in [2.05, 4.69) is 32.2 Å². The molecule has 1 rings (SSSR count). The van der Waals surface area contributed by atoms with Gasteiger partial charge in [-0.15, -0.1) is 0 Å². The van der Waals surface area contributed by atoms with Gasteiger partial charge < -0.3 is 10.1 Å². The van der Waals surface area contributed by atoms with Crippen LogP contribution in [0.25, 0.3) is 0 Å². The number of rotatable bonds is 6. The summed E-state index contributed by atoms with van der Waals surface area (Å²) in [5.41, 5.74) is 0.810. The minimum Gasteiger partial charge on any atom is -0.374 e. The Labute approximate surface area is 109 Å². The summed E-state index contributed by atoms with van der Waals surface area (Å²) in [6.45, 7) is 9.86. The van der Waals surface area contributed by atoms with Gasteiger partial charge in [0.15, 0.2) is 0 Å². The molecule has 0 aromatic heterocycles. The molecule has 0 aliphatic carbocycles. The lowest BCUT2D eigenvalue weighted by Gasteiger charge is -2.35. The number of halogens is 1. The molecule has 2 nitrogen and oxygen atoms in total. The van der Waals surface area contributed by atoms with Crippen molar-refractivity contribution in [2.24, 2.45) is 0 Å². The van der Waals surface area contributed by atoms with E-state index in [1.165, 1.54) is 0 Å². The summed E-state index contributed by atoms with van der Waals surface area (Å²) in [5.74, 6) is 0. The van der Waals surface area contributed by atoms with Crippen LogP contribution in [-0.4, -0.2) is 18.8 Å². The van der Waals surface area contributed by atoms with Crippen LogP contribution in [0.3, 0.4) is 0 Å². The van der Waals surface area contributed by atoms with Crippen LogP contribution < -0.4 is 5.32 Å². The molecular formula is C14H22ClNO. The van der Waals surface area contributed by atoms with Gasteiger partial charge in [-0.2, -0.15) is 0 Å². The zero-order valence-electron chi connectivity index (χ0n) is 11.1. The van der Waals surface area contributed by atoms with E-state index in [1.807, 2.05) is 25.1 Å². The number of benzene rings is 1. The number of likely N-dealkylation sites (N-methyl/N-ethyl adjacent to an activating group) is 1. The summed E-state index contributed by atoms with van der Waals surface area (Å²) in [4.78, 5) is 0. The van der Waals surface area contributed by atoms with Crippen molar-refractivity contribution in [3.8, 4) is 0 Å². The predicted molar refractivity (Wildman–Crippen MR) is 73.6 cm³/mol. The summed E-state index contributed by atoms with van der Waals surface area (Å²) in [7, 11) is 0. The zero-order chi connectivity index (χ0) is 12.9.